The zero-order chi connectivity index (χ0) is 13.9. The number of hydrogen-bond donors (Lipinski definition) is 0. The van der Waals surface area contributed by atoms with E-state index in [2.05, 4.69) is 19.9 Å². The van der Waals surface area contributed by atoms with E-state index in [1.165, 1.54) is 0 Å². The Morgan fingerprint density at radius 2 is 2.10 bits per heavy atom. The van der Waals surface area contributed by atoms with Gasteiger partial charge in [0.25, 0.3) is 0 Å². The van der Waals surface area contributed by atoms with Crippen LogP contribution in [0, 0.1) is 0 Å². The SMILES string of the molecule is ClCCc1nc2cc(Cl)ccc2n1CCn1ccnn1. The van der Waals surface area contributed by atoms with E-state index < -0.39 is 0 Å². The molecular weight excluding hydrogens is 297 g/mol. The Kier molecular flexibility index (Phi) is 3.89. The van der Waals surface area contributed by atoms with Gasteiger partial charge in [-0.2, -0.15) is 0 Å². The molecule has 0 N–H and O–H groups in total. The monoisotopic (exact) mass is 309 g/mol. The van der Waals surface area contributed by atoms with Crippen LogP contribution in [-0.4, -0.2) is 30.4 Å². The summed E-state index contributed by atoms with van der Waals surface area (Å²) in [4.78, 5) is 4.61. The van der Waals surface area contributed by atoms with Crippen LogP contribution in [-0.2, 0) is 19.5 Å². The molecular formula is C13H13Cl2N5. The van der Waals surface area contributed by atoms with Crippen molar-refractivity contribution in [3.05, 3.63) is 41.4 Å². The Morgan fingerprint density at radius 3 is 2.85 bits per heavy atom. The second-order valence-corrected chi connectivity index (χ2v) is 5.23. The van der Waals surface area contributed by atoms with Crippen LogP contribution in [0.15, 0.2) is 30.6 Å². The molecule has 1 aromatic carbocycles. The Balaban J connectivity index is 1.95. The highest BCUT2D eigenvalue weighted by Crippen LogP contribution is 2.21. The molecule has 0 unspecified atom stereocenters. The molecule has 0 aliphatic rings. The minimum atomic E-state index is 0.542. The van der Waals surface area contributed by atoms with Gasteiger partial charge in [-0.3, -0.25) is 4.68 Å². The Bertz CT molecular complexity index is 705. The lowest BCUT2D eigenvalue weighted by atomic mass is 10.3. The molecule has 0 amide bonds. The lowest BCUT2D eigenvalue weighted by molar-refractivity contribution is 0.516. The number of fused-ring (bicyclic) bond motifs is 1. The van der Waals surface area contributed by atoms with Crippen LogP contribution in [0.1, 0.15) is 5.82 Å². The van der Waals surface area contributed by atoms with Gasteiger partial charge in [0, 0.05) is 30.1 Å². The molecule has 5 nitrogen and oxygen atoms in total. The molecule has 0 bridgehead atoms. The van der Waals surface area contributed by atoms with Crippen molar-refractivity contribution in [1.29, 1.82) is 0 Å². The molecule has 7 heteroatoms. The first-order valence-corrected chi connectivity index (χ1v) is 7.24. The Hall–Kier alpha value is -1.59. The van der Waals surface area contributed by atoms with E-state index in [-0.39, 0.29) is 0 Å². The predicted molar refractivity (Wildman–Crippen MR) is 79.2 cm³/mol. The van der Waals surface area contributed by atoms with Crippen LogP contribution in [0.25, 0.3) is 11.0 Å². The molecule has 3 rings (SSSR count). The van der Waals surface area contributed by atoms with Gasteiger partial charge >= 0.3 is 0 Å². The van der Waals surface area contributed by atoms with Crippen molar-refractivity contribution in [3.63, 3.8) is 0 Å². The first-order valence-electron chi connectivity index (χ1n) is 6.32. The minimum absolute atomic E-state index is 0.542. The number of imidazole rings is 1. The van der Waals surface area contributed by atoms with E-state index in [1.807, 2.05) is 24.4 Å². The number of rotatable bonds is 5. The van der Waals surface area contributed by atoms with Gasteiger partial charge in [0.15, 0.2) is 0 Å². The van der Waals surface area contributed by atoms with E-state index in [1.54, 1.807) is 10.9 Å². The molecule has 0 fully saturated rings. The number of benzene rings is 1. The molecule has 20 heavy (non-hydrogen) atoms. The molecule has 0 aliphatic heterocycles. The van der Waals surface area contributed by atoms with Gasteiger partial charge in [-0.25, -0.2) is 4.98 Å². The van der Waals surface area contributed by atoms with Crippen molar-refractivity contribution in [3.8, 4) is 0 Å². The van der Waals surface area contributed by atoms with Gasteiger partial charge in [0.1, 0.15) is 5.82 Å². The van der Waals surface area contributed by atoms with Gasteiger partial charge in [-0.1, -0.05) is 16.8 Å². The smallest absolute Gasteiger partial charge is 0.111 e. The van der Waals surface area contributed by atoms with E-state index in [9.17, 15) is 0 Å². The number of hydrogen-bond acceptors (Lipinski definition) is 3. The topological polar surface area (TPSA) is 48.5 Å². The molecule has 2 aromatic heterocycles. The van der Waals surface area contributed by atoms with Crippen LogP contribution >= 0.6 is 23.2 Å². The first kappa shape index (κ1) is 13.4. The third-order valence-electron chi connectivity index (χ3n) is 3.13. The molecule has 3 aromatic rings. The summed E-state index contributed by atoms with van der Waals surface area (Å²) < 4.78 is 3.96. The summed E-state index contributed by atoms with van der Waals surface area (Å²) in [6.07, 6.45) is 4.24. The number of aromatic nitrogens is 5. The first-order chi connectivity index (χ1) is 9.78. The maximum atomic E-state index is 6.02. The van der Waals surface area contributed by atoms with Gasteiger partial charge in [0.05, 0.1) is 23.8 Å². The molecule has 104 valence electrons. The highest BCUT2D eigenvalue weighted by Gasteiger charge is 2.10. The fourth-order valence-electron chi connectivity index (χ4n) is 2.23. The van der Waals surface area contributed by atoms with E-state index in [0.29, 0.717) is 10.9 Å². The highest BCUT2D eigenvalue weighted by molar-refractivity contribution is 6.31. The van der Waals surface area contributed by atoms with E-state index in [4.69, 9.17) is 23.2 Å². The number of nitrogens with zero attached hydrogens (tertiary/aromatic N) is 5. The summed E-state index contributed by atoms with van der Waals surface area (Å²) in [6.45, 7) is 1.51. The van der Waals surface area contributed by atoms with Crippen molar-refractivity contribution in [2.24, 2.45) is 0 Å². The van der Waals surface area contributed by atoms with Gasteiger partial charge in [-0.05, 0) is 18.2 Å². The largest absolute Gasteiger partial charge is 0.326 e. The molecule has 0 radical (unpaired) electrons. The lowest BCUT2D eigenvalue weighted by Crippen LogP contribution is -2.11. The van der Waals surface area contributed by atoms with E-state index >= 15 is 0 Å². The summed E-state index contributed by atoms with van der Waals surface area (Å²) in [5.74, 6) is 1.51. The normalized spacial score (nSPS) is 11.3. The molecule has 0 aliphatic carbocycles. The van der Waals surface area contributed by atoms with Crippen LogP contribution in [0.2, 0.25) is 5.02 Å². The lowest BCUT2D eigenvalue weighted by Gasteiger charge is -2.08. The van der Waals surface area contributed by atoms with E-state index in [0.717, 1.165) is 36.4 Å². The number of halogens is 2. The van der Waals surface area contributed by atoms with Crippen LogP contribution in [0.4, 0.5) is 0 Å². The maximum absolute atomic E-state index is 6.02. The summed E-state index contributed by atoms with van der Waals surface area (Å²) in [7, 11) is 0. The van der Waals surface area contributed by atoms with Crippen LogP contribution < -0.4 is 0 Å². The van der Waals surface area contributed by atoms with Crippen molar-refractivity contribution < 1.29 is 0 Å². The second kappa shape index (κ2) is 5.81. The zero-order valence-corrected chi connectivity index (χ0v) is 12.2. The maximum Gasteiger partial charge on any atom is 0.111 e. The average Bonchev–Trinajstić information content (AvgIpc) is 3.04. The molecule has 0 saturated heterocycles. The summed E-state index contributed by atoms with van der Waals surface area (Å²) in [5, 5.41) is 8.47. The van der Waals surface area contributed by atoms with Crippen molar-refractivity contribution in [1.82, 2.24) is 24.5 Å². The highest BCUT2D eigenvalue weighted by atomic mass is 35.5. The second-order valence-electron chi connectivity index (χ2n) is 4.42. The third kappa shape index (κ3) is 2.64. The van der Waals surface area contributed by atoms with Gasteiger partial charge in [0.2, 0.25) is 0 Å². The van der Waals surface area contributed by atoms with Crippen LogP contribution in [0.5, 0.6) is 0 Å². The standard InChI is InChI=1S/C13H13Cl2N5/c14-4-3-13-17-11-9-10(15)1-2-12(11)20(13)8-7-19-6-5-16-18-19/h1-2,5-6,9H,3-4,7-8H2. The number of alkyl halides is 1. The third-order valence-corrected chi connectivity index (χ3v) is 3.56. The average molecular weight is 310 g/mol. The number of aryl methyl sites for hydroxylation is 3. The quantitative estimate of drug-likeness (QED) is 0.681. The molecule has 0 spiro atoms. The predicted octanol–water partition coefficient (Wildman–Crippen LogP) is 2.76. The molecule has 2 heterocycles. The van der Waals surface area contributed by atoms with Crippen molar-refractivity contribution >= 4 is 34.2 Å². The molecule has 0 saturated carbocycles. The molecule has 0 atom stereocenters. The Labute approximate surface area is 126 Å². The van der Waals surface area contributed by atoms with Crippen molar-refractivity contribution in [2.45, 2.75) is 19.5 Å². The minimum Gasteiger partial charge on any atom is -0.326 e. The zero-order valence-electron chi connectivity index (χ0n) is 10.7. The van der Waals surface area contributed by atoms with Gasteiger partial charge in [-0.15, -0.1) is 16.7 Å². The Morgan fingerprint density at radius 1 is 1.20 bits per heavy atom. The fourth-order valence-corrected chi connectivity index (χ4v) is 2.57. The summed E-state index contributed by atoms with van der Waals surface area (Å²) >= 11 is 11.9. The van der Waals surface area contributed by atoms with Crippen molar-refractivity contribution in [2.75, 3.05) is 5.88 Å². The van der Waals surface area contributed by atoms with Crippen LogP contribution in [0.3, 0.4) is 0 Å². The van der Waals surface area contributed by atoms with Gasteiger partial charge < -0.3 is 4.57 Å². The fraction of sp³-hybridized carbons (Fsp3) is 0.308. The summed E-state index contributed by atoms with van der Waals surface area (Å²) in [5.41, 5.74) is 1.96. The summed E-state index contributed by atoms with van der Waals surface area (Å²) in [6, 6.07) is 5.74.